The Hall–Kier alpha value is 0.0764. The van der Waals surface area contributed by atoms with Gasteiger partial charge in [-0.05, 0) is 0 Å². The molecule has 0 aromatic heterocycles. The predicted molar refractivity (Wildman–Crippen MR) is 34.1 cm³/mol. The van der Waals surface area contributed by atoms with E-state index in [1.165, 1.54) is 0 Å². The van der Waals surface area contributed by atoms with Gasteiger partial charge in [-0.25, -0.2) is 0 Å². The number of halogens is 6. The van der Waals surface area contributed by atoms with Gasteiger partial charge in [0.25, 0.3) is 0 Å². The molecular weight excluding hydrogens is 302 g/mol. The third kappa shape index (κ3) is 254000. The van der Waals surface area contributed by atoms with Crippen LogP contribution >= 0.6 is 0 Å². The zero-order valence-electron chi connectivity index (χ0n) is 6.07. The fourth-order valence-electron chi connectivity index (χ4n) is 0. The molecule has 0 aliphatic heterocycles. The summed E-state index contributed by atoms with van der Waals surface area (Å²) in [5, 5.41) is 0. The van der Waals surface area contributed by atoms with Gasteiger partial charge in [0.2, 0.25) is 0 Å². The second kappa shape index (κ2) is 8.39. The number of rotatable bonds is 0. The molecule has 1 radical (unpaired) electrons. The molecule has 0 heterocycles. The zero-order chi connectivity index (χ0) is 6.41. The van der Waals surface area contributed by atoms with Gasteiger partial charge in [-0.2, -0.15) is 0 Å². The van der Waals surface area contributed by atoms with E-state index in [9.17, 15) is 24.6 Å². The summed E-state index contributed by atoms with van der Waals surface area (Å²) >= 11 is 0. The molecule has 14 heavy (non-hydrogen) atoms. The van der Waals surface area contributed by atoms with E-state index in [0.29, 0.717) is 0 Å². The van der Waals surface area contributed by atoms with Crippen LogP contribution in [-0.2, 0) is 17.1 Å². The molecule has 0 spiro atoms. The molecule has 0 rings (SSSR count). The van der Waals surface area contributed by atoms with Crippen molar-refractivity contribution in [3.05, 3.63) is 0 Å². The first-order valence-electron chi connectivity index (χ1n) is 1.13. The standard InChI is InChI=1S/Cu.F6Si.6H2O/c;1-7(2,3,4,5)6;;;;;;/h;;6*1H2/q+2;-2;;;;;;. The van der Waals surface area contributed by atoms with Crippen LogP contribution in [0.3, 0.4) is 0 Å². The van der Waals surface area contributed by atoms with E-state index in [4.69, 9.17) is 0 Å². The molecule has 0 aromatic carbocycles. The van der Waals surface area contributed by atoms with Crippen LogP contribution in [0.15, 0.2) is 0 Å². The molecule has 0 aliphatic rings. The van der Waals surface area contributed by atoms with Gasteiger partial charge in [-0.1, -0.05) is 0 Å². The Labute approximate surface area is 84.1 Å². The largest absolute Gasteiger partial charge is 2.00 e. The van der Waals surface area contributed by atoms with Crippen molar-refractivity contribution in [2.24, 2.45) is 0 Å². The van der Waals surface area contributed by atoms with Gasteiger partial charge in [-0.3, -0.25) is 0 Å². The fourth-order valence-corrected chi connectivity index (χ4v) is 0. The van der Waals surface area contributed by atoms with Crippen LogP contribution in [0.25, 0.3) is 0 Å². The molecule has 0 unspecified atom stereocenters. The van der Waals surface area contributed by atoms with Crippen LogP contribution in [0.2, 0.25) is 0 Å². The van der Waals surface area contributed by atoms with Crippen molar-refractivity contribution in [2.45, 2.75) is 0 Å². The Kier molecular flexibility index (Phi) is 39.1. The molecule has 0 bridgehead atoms. The summed E-state index contributed by atoms with van der Waals surface area (Å²) in [7, 11) is -10.8. The van der Waals surface area contributed by atoms with Crippen LogP contribution < -0.4 is 0 Å². The molecule has 0 saturated heterocycles. The Morgan fingerprint density at radius 1 is 0.429 bits per heavy atom. The molecular formula is H12CuF6O6Si. The summed E-state index contributed by atoms with van der Waals surface area (Å²) < 4.78 is 59.3. The van der Waals surface area contributed by atoms with E-state index in [1.807, 2.05) is 0 Å². The number of hydrogen-bond acceptors (Lipinski definition) is 0. The molecule has 0 atom stereocenters. The molecule has 0 aliphatic carbocycles. The fraction of sp³-hybridized carbons (Fsp3) is 0. The Balaban J connectivity index is -0.00000000857. The number of hydrogen-bond donors (Lipinski definition) is 0. The van der Waals surface area contributed by atoms with Crippen LogP contribution in [0.5, 0.6) is 0 Å². The van der Waals surface area contributed by atoms with Crippen molar-refractivity contribution in [3.63, 3.8) is 0 Å². The van der Waals surface area contributed by atoms with Gasteiger partial charge in [0.05, 0.1) is 0 Å². The van der Waals surface area contributed by atoms with Crippen molar-refractivity contribution < 1.29 is 74.6 Å². The maximum Gasteiger partial charge on any atom is 2.00 e. The van der Waals surface area contributed by atoms with Crippen molar-refractivity contribution in [1.29, 1.82) is 0 Å². The van der Waals surface area contributed by atoms with Gasteiger partial charge in [-0.15, -0.1) is 0 Å². The first-order valence-corrected chi connectivity index (χ1v) is 3.40. The van der Waals surface area contributed by atoms with Crippen molar-refractivity contribution in [2.75, 3.05) is 0 Å². The van der Waals surface area contributed by atoms with E-state index in [-0.39, 0.29) is 49.9 Å². The van der Waals surface area contributed by atoms with Crippen LogP contribution in [0.1, 0.15) is 0 Å². The van der Waals surface area contributed by atoms with Gasteiger partial charge in [0, 0.05) is 0 Å². The SMILES string of the molecule is F[Si-2](F)(F)(F)(F)F.O.O.O.O.O.O.[Cu+2]. The molecule has 14 heteroatoms. The van der Waals surface area contributed by atoms with Gasteiger partial charge >= 0.3 is 50.3 Å². The smallest absolute Gasteiger partial charge is 0.412 e. The van der Waals surface area contributed by atoms with Crippen molar-refractivity contribution >= 4 is 8.63 Å². The summed E-state index contributed by atoms with van der Waals surface area (Å²) in [6, 6.07) is 0. The average Bonchev–Trinajstić information content (AvgIpc) is 0.592. The first kappa shape index (κ1) is 65.2. The topological polar surface area (TPSA) is 189 Å². The Morgan fingerprint density at radius 2 is 0.429 bits per heavy atom. The molecule has 0 saturated carbocycles. The van der Waals surface area contributed by atoms with E-state index in [1.54, 1.807) is 0 Å². The van der Waals surface area contributed by atoms with Gasteiger partial charge < -0.3 is 32.9 Å². The molecule has 105 valence electrons. The molecule has 0 amide bonds. The summed E-state index contributed by atoms with van der Waals surface area (Å²) in [6.45, 7) is 0. The van der Waals surface area contributed by atoms with Gasteiger partial charge in [0.1, 0.15) is 0 Å². The third-order valence-corrected chi connectivity index (χ3v) is 0. The van der Waals surface area contributed by atoms with Crippen LogP contribution in [-0.4, -0.2) is 41.5 Å². The second-order valence-corrected chi connectivity index (χ2v) is 3.21. The maximum atomic E-state index is 9.88. The average molecular weight is 314 g/mol. The minimum absolute atomic E-state index is 0. The zero-order valence-corrected chi connectivity index (χ0v) is 8.01. The maximum absolute atomic E-state index is 10.8. The Bertz CT molecular complexity index is 80.9. The molecule has 0 fully saturated rings. The van der Waals surface area contributed by atoms with Crippen LogP contribution in [0, 0.1) is 0 Å². The summed E-state index contributed by atoms with van der Waals surface area (Å²) in [5.41, 5.74) is 0. The minimum Gasteiger partial charge on any atom is -0.412 e. The van der Waals surface area contributed by atoms with E-state index in [2.05, 4.69) is 0 Å². The minimum atomic E-state index is -10.8. The first-order chi connectivity index (χ1) is 2.45. The van der Waals surface area contributed by atoms with Crippen LogP contribution in [0.4, 0.5) is 24.6 Å². The van der Waals surface area contributed by atoms with E-state index >= 15 is 0 Å². The van der Waals surface area contributed by atoms with Gasteiger partial charge in [0.15, 0.2) is 0 Å². The predicted octanol–water partition coefficient (Wildman–Crippen LogP) is -2.81. The van der Waals surface area contributed by atoms with Crippen molar-refractivity contribution in [1.82, 2.24) is 0 Å². The van der Waals surface area contributed by atoms with E-state index in [0.717, 1.165) is 0 Å². The molecule has 12 N–H and O–H groups in total. The molecule has 0 aromatic rings. The van der Waals surface area contributed by atoms with Crippen molar-refractivity contribution in [3.8, 4) is 0 Å². The second-order valence-electron chi connectivity index (χ2n) is 1.07. The van der Waals surface area contributed by atoms with E-state index < -0.39 is 8.63 Å². The quantitative estimate of drug-likeness (QED) is 0.253. The normalized spacial score (nSPS) is 11.6. The third-order valence-electron chi connectivity index (χ3n) is 0. The summed E-state index contributed by atoms with van der Waals surface area (Å²) in [4.78, 5) is 0. The monoisotopic (exact) mass is 313 g/mol. The Morgan fingerprint density at radius 3 is 0.429 bits per heavy atom. The molecule has 6 nitrogen and oxygen atoms in total. The summed E-state index contributed by atoms with van der Waals surface area (Å²) in [6.07, 6.45) is 0. The summed E-state index contributed by atoms with van der Waals surface area (Å²) in [5.74, 6) is 0.